The van der Waals surface area contributed by atoms with E-state index in [-0.39, 0.29) is 12.4 Å². The second kappa shape index (κ2) is 6.20. The molecule has 0 atom stereocenters. The number of nitrogens with two attached hydrogens (primary N) is 1. The Hall–Kier alpha value is -2.07. The predicted molar refractivity (Wildman–Crippen MR) is 71.6 cm³/mol. The lowest BCUT2D eigenvalue weighted by molar-refractivity contribution is 0.277. The predicted octanol–water partition coefficient (Wildman–Crippen LogP) is 2.87. The van der Waals surface area contributed by atoms with Crippen molar-refractivity contribution in [3.63, 3.8) is 0 Å². The minimum Gasteiger partial charge on any atom is -0.493 e. The summed E-state index contributed by atoms with van der Waals surface area (Å²) in [5, 5.41) is 0. The summed E-state index contributed by atoms with van der Waals surface area (Å²) in [5.41, 5.74) is 6.99. The van der Waals surface area contributed by atoms with Gasteiger partial charge in [-0.3, -0.25) is 0 Å². The van der Waals surface area contributed by atoms with Crippen LogP contribution in [-0.4, -0.2) is 7.11 Å². The van der Waals surface area contributed by atoms with Crippen molar-refractivity contribution in [3.05, 3.63) is 59.4 Å². The minimum atomic E-state index is -0.285. The van der Waals surface area contributed by atoms with Crippen LogP contribution in [0.5, 0.6) is 11.5 Å². The zero-order chi connectivity index (χ0) is 13.7. The molecule has 4 heteroatoms. The van der Waals surface area contributed by atoms with E-state index in [4.69, 9.17) is 15.2 Å². The topological polar surface area (TPSA) is 44.5 Å². The Morgan fingerprint density at radius 3 is 2.47 bits per heavy atom. The standard InChI is InChI=1S/C15H16FNO2/c1-18-14-8-4-6-11(9-17)15(14)19-10-12-5-2-3-7-13(12)16/h2-8H,9-10,17H2,1H3. The molecule has 0 amide bonds. The maximum absolute atomic E-state index is 13.5. The lowest BCUT2D eigenvalue weighted by Crippen LogP contribution is -2.05. The molecule has 3 nitrogen and oxygen atoms in total. The Bertz CT molecular complexity index is 535. The second-order valence-electron chi connectivity index (χ2n) is 4.03. The van der Waals surface area contributed by atoms with E-state index in [1.54, 1.807) is 31.4 Å². The lowest BCUT2D eigenvalue weighted by Gasteiger charge is -2.14. The smallest absolute Gasteiger partial charge is 0.166 e. The summed E-state index contributed by atoms with van der Waals surface area (Å²) < 4.78 is 24.4. The van der Waals surface area contributed by atoms with E-state index < -0.39 is 0 Å². The highest BCUT2D eigenvalue weighted by molar-refractivity contribution is 5.46. The van der Waals surface area contributed by atoms with Crippen molar-refractivity contribution >= 4 is 0 Å². The molecule has 0 saturated heterocycles. The maximum Gasteiger partial charge on any atom is 0.166 e. The highest BCUT2D eigenvalue weighted by Gasteiger charge is 2.10. The van der Waals surface area contributed by atoms with Crippen LogP contribution in [0.1, 0.15) is 11.1 Å². The molecule has 0 saturated carbocycles. The molecule has 2 rings (SSSR count). The third-order valence-electron chi connectivity index (χ3n) is 2.83. The van der Waals surface area contributed by atoms with E-state index in [0.29, 0.717) is 23.6 Å². The molecule has 0 aromatic heterocycles. The van der Waals surface area contributed by atoms with Crippen LogP contribution in [0.4, 0.5) is 4.39 Å². The fourth-order valence-corrected chi connectivity index (χ4v) is 1.81. The SMILES string of the molecule is COc1cccc(CN)c1OCc1ccccc1F. The molecule has 0 bridgehead atoms. The van der Waals surface area contributed by atoms with Gasteiger partial charge in [0.25, 0.3) is 0 Å². The molecule has 0 aliphatic heterocycles. The first-order valence-corrected chi connectivity index (χ1v) is 5.98. The Morgan fingerprint density at radius 1 is 1.05 bits per heavy atom. The van der Waals surface area contributed by atoms with Gasteiger partial charge in [-0.05, 0) is 12.1 Å². The molecule has 0 fully saturated rings. The first-order chi connectivity index (χ1) is 9.26. The molecule has 19 heavy (non-hydrogen) atoms. The van der Waals surface area contributed by atoms with Gasteiger partial charge in [0.2, 0.25) is 0 Å². The Labute approximate surface area is 111 Å². The van der Waals surface area contributed by atoms with E-state index in [1.807, 2.05) is 12.1 Å². The van der Waals surface area contributed by atoms with Crippen LogP contribution >= 0.6 is 0 Å². The Morgan fingerprint density at radius 2 is 1.79 bits per heavy atom. The van der Waals surface area contributed by atoms with E-state index in [9.17, 15) is 4.39 Å². The lowest BCUT2D eigenvalue weighted by atomic mass is 10.2. The summed E-state index contributed by atoms with van der Waals surface area (Å²) >= 11 is 0. The van der Waals surface area contributed by atoms with Crippen LogP contribution in [0.2, 0.25) is 0 Å². The molecule has 0 unspecified atom stereocenters. The molecule has 0 radical (unpaired) electrons. The first kappa shape index (κ1) is 13.4. The van der Waals surface area contributed by atoms with Crippen molar-refractivity contribution in [3.8, 4) is 11.5 Å². The number of benzene rings is 2. The molecular weight excluding hydrogens is 245 g/mol. The first-order valence-electron chi connectivity index (χ1n) is 5.98. The van der Waals surface area contributed by atoms with Gasteiger partial charge in [0.05, 0.1) is 7.11 Å². The van der Waals surface area contributed by atoms with Crippen LogP contribution in [-0.2, 0) is 13.2 Å². The van der Waals surface area contributed by atoms with Crippen molar-refractivity contribution in [1.82, 2.24) is 0 Å². The van der Waals surface area contributed by atoms with E-state index >= 15 is 0 Å². The van der Waals surface area contributed by atoms with Gasteiger partial charge in [0.1, 0.15) is 12.4 Å². The molecule has 100 valence electrons. The van der Waals surface area contributed by atoms with E-state index in [0.717, 1.165) is 5.56 Å². The number of hydrogen-bond donors (Lipinski definition) is 1. The summed E-state index contributed by atoms with van der Waals surface area (Å²) in [4.78, 5) is 0. The van der Waals surface area contributed by atoms with Crippen molar-refractivity contribution < 1.29 is 13.9 Å². The zero-order valence-electron chi connectivity index (χ0n) is 10.7. The van der Waals surface area contributed by atoms with Crippen LogP contribution < -0.4 is 15.2 Å². The van der Waals surface area contributed by atoms with Gasteiger partial charge < -0.3 is 15.2 Å². The molecule has 0 aliphatic rings. The number of rotatable bonds is 5. The summed E-state index contributed by atoms with van der Waals surface area (Å²) in [6, 6.07) is 12.0. The number of para-hydroxylation sites is 1. The molecule has 0 aliphatic carbocycles. The van der Waals surface area contributed by atoms with Crippen molar-refractivity contribution in [1.29, 1.82) is 0 Å². The van der Waals surface area contributed by atoms with Gasteiger partial charge in [0, 0.05) is 17.7 Å². The summed E-state index contributed by atoms with van der Waals surface area (Å²) in [6.45, 7) is 0.476. The Kier molecular flexibility index (Phi) is 4.36. The van der Waals surface area contributed by atoms with Gasteiger partial charge >= 0.3 is 0 Å². The number of methoxy groups -OCH3 is 1. The van der Waals surface area contributed by atoms with Crippen LogP contribution in [0, 0.1) is 5.82 Å². The van der Waals surface area contributed by atoms with Crippen LogP contribution in [0.25, 0.3) is 0 Å². The Balaban J connectivity index is 2.21. The fraction of sp³-hybridized carbons (Fsp3) is 0.200. The quantitative estimate of drug-likeness (QED) is 0.900. The van der Waals surface area contributed by atoms with Gasteiger partial charge in [-0.2, -0.15) is 0 Å². The number of halogens is 1. The van der Waals surface area contributed by atoms with Gasteiger partial charge in [-0.1, -0.05) is 30.3 Å². The average molecular weight is 261 g/mol. The van der Waals surface area contributed by atoms with Crippen molar-refractivity contribution in [2.24, 2.45) is 5.73 Å². The summed E-state index contributed by atoms with van der Waals surface area (Å²) in [6.07, 6.45) is 0. The molecule has 2 aromatic rings. The van der Waals surface area contributed by atoms with Crippen molar-refractivity contribution in [2.45, 2.75) is 13.2 Å². The third-order valence-corrected chi connectivity index (χ3v) is 2.83. The number of hydrogen-bond acceptors (Lipinski definition) is 3. The zero-order valence-corrected chi connectivity index (χ0v) is 10.7. The third kappa shape index (κ3) is 3.03. The van der Waals surface area contributed by atoms with Crippen molar-refractivity contribution in [2.75, 3.05) is 7.11 Å². The van der Waals surface area contributed by atoms with E-state index in [1.165, 1.54) is 6.07 Å². The van der Waals surface area contributed by atoms with Crippen LogP contribution in [0.15, 0.2) is 42.5 Å². The fourth-order valence-electron chi connectivity index (χ4n) is 1.81. The average Bonchev–Trinajstić information content (AvgIpc) is 2.46. The van der Waals surface area contributed by atoms with Gasteiger partial charge in [-0.15, -0.1) is 0 Å². The molecule has 2 aromatic carbocycles. The maximum atomic E-state index is 13.5. The van der Waals surface area contributed by atoms with E-state index in [2.05, 4.69) is 0 Å². The normalized spacial score (nSPS) is 10.3. The molecule has 2 N–H and O–H groups in total. The second-order valence-corrected chi connectivity index (χ2v) is 4.03. The summed E-state index contributed by atoms with van der Waals surface area (Å²) in [7, 11) is 1.56. The van der Waals surface area contributed by atoms with Gasteiger partial charge in [0.15, 0.2) is 11.5 Å². The monoisotopic (exact) mass is 261 g/mol. The highest BCUT2D eigenvalue weighted by atomic mass is 19.1. The summed E-state index contributed by atoms with van der Waals surface area (Å²) in [5.74, 6) is 0.877. The molecular formula is C15H16FNO2. The van der Waals surface area contributed by atoms with Gasteiger partial charge in [-0.25, -0.2) is 4.39 Å². The molecule has 0 spiro atoms. The number of ether oxygens (including phenoxy) is 2. The van der Waals surface area contributed by atoms with Crippen LogP contribution in [0.3, 0.4) is 0 Å². The molecule has 0 heterocycles. The minimum absolute atomic E-state index is 0.139. The highest BCUT2D eigenvalue weighted by Crippen LogP contribution is 2.31. The largest absolute Gasteiger partial charge is 0.493 e.